The molecule has 1 aromatic carbocycles. The summed E-state index contributed by atoms with van der Waals surface area (Å²) in [6, 6.07) is 8.94. The molecule has 1 aliphatic rings. The van der Waals surface area contributed by atoms with E-state index in [1.807, 2.05) is 6.07 Å². The zero-order valence-corrected chi connectivity index (χ0v) is 15.0. The first-order chi connectivity index (χ1) is 9.02. The minimum atomic E-state index is 0. The lowest BCUT2D eigenvalue weighted by molar-refractivity contribution is 0.0861. The largest absolute Gasteiger partial charge is 0.497 e. The average molecular weight is 335 g/mol. The second-order valence-corrected chi connectivity index (χ2v) is 6.33. The summed E-state index contributed by atoms with van der Waals surface area (Å²) in [7, 11) is 1.73. The maximum absolute atomic E-state index is 5.37. The summed E-state index contributed by atoms with van der Waals surface area (Å²) in [5.74, 6) is 0.946. The van der Waals surface area contributed by atoms with Gasteiger partial charge in [0.25, 0.3) is 0 Å². The molecule has 3 nitrogen and oxygen atoms in total. The highest BCUT2D eigenvalue weighted by molar-refractivity contribution is 5.85. The summed E-state index contributed by atoms with van der Waals surface area (Å²) in [5.41, 5.74) is 1.57. The van der Waals surface area contributed by atoms with Gasteiger partial charge in [0.15, 0.2) is 0 Å². The predicted octanol–water partition coefficient (Wildman–Crippen LogP) is 3.53. The van der Waals surface area contributed by atoms with Crippen molar-refractivity contribution in [3.8, 4) is 5.75 Å². The van der Waals surface area contributed by atoms with Crippen LogP contribution in [0.15, 0.2) is 24.3 Å². The Morgan fingerprint density at radius 1 is 1.14 bits per heavy atom. The summed E-state index contributed by atoms with van der Waals surface area (Å²) in [4.78, 5) is 2.59. The van der Waals surface area contributed by atoms with Gasteiger partial charge in [0.05, 0.1) is 7.11 Å². The fourth-order valence-electron chi connectivity index (χ4n) is 3.01. The molecule has 0 bridgehead atoms. The van der Waals surface area contributed by atoms with Gasteiger partial charge in [0.1, 0.15) is 5.75 Å². The molecule has 0 radical (unpaired) electrons. The van der Waals surface area contributed by atoms with Crippen LogP contribution in [0.1, 0.15) is 32.4 Å². The number of halogens is 2. The van der Waals surface area contributed by atoms with Crippen LogP contribution in [0.4, 0.5) is 0 Å². The van der Waals surface area contributed by atoms with Crippen LogP contribution >= 0.6 is 24.8 Å². The van der Waals surface area contributed by atoms with E-state index in [1.165, 1.54) is 5.56 Å². The lowest BCUT2D eigenvalue weighted by Gasteiger charge is -2.42. The van der Waals surface area contributed by atoms with Gasteiger partial charge in [-0.2, -0.15) is 0 Å². The van der Waals surface area contributed by atoms with Gasteiger partial charge in [0, 0.05) is 32.2 Å². The number of nitrogens with one attached hydrogen (secondary N) is 1. The summed E-state index contributed by atoms with van der Waals surface area (Å²) < 4.78 is 5.37. The average Bonchev–Trinajstić information content (AvgIpc) is 2.39. The Morgan fingerprint density at radius 3 is 2.29 bits per heavy atom. The molecule has 0 amide bonds. The van der Waals surface area contributed by atoms with Crippen molar-refractivity contribution in [2.24, 2.45) is 5.41 Å². The molecule has 0 saturated carbocycles. The summed E-state index contributed by atoms with van der Waals surface area (Å²) in [6.07, 6.45) is 0. The zero-order valence-electron chi connectivity index (χ0n) is 13.4. The lowest BCUT2D eigenvalue weighted by Crippen LogP contribution is -2.48. The second-order valence-electron chi connectivity index (χ2n) is 6.33. The number of benzene rings is 1. The maximum atomic E-state index is 5.37. The molecule has 0 aromatic heterocycles. The fourth-order valence-corrected chi connectivity index (χ4v) is 3.01. The smallest absolute Gasteiger partial charge is 0.119 e. The standard InChI is InChI=1S/C16H26N2O.2ClH/c1-16(2,3)15(18-10-8-17-9-11-18)13-6-5-7-14(12-13)19-4;;/h5-7,12,15,17H,8-11H2,1-4H3;2*1H/t15-;;/m1../s1. The van der Waals surface area contributed by atoms with Gasteiger partial charge in [-0.25, -0.2) is 0 Å². The molecular formula is C16H28Cl2N2O. The van der Waals surface area contributed by atoms with E-state index in [4.69, 9.17) is 4.74 Å². The van der Waals surface area contributed by atoms with E-state index in [0.29, 0.717) is 6.04 Å². The third-order valence-electron chi connectivity index (χ3n) is 3.75. The quantitative estimate of drug-likeness (QED) is 0.915. The number of nitrogens with zero attached hydrogens (tertiary/aromatic N) is 1. The Kier molecular flexibility index (Phi) is 8.64. The molecule has 122 valence electrons. The van der Waals surface area contributed by atoms with E-state index in [0.717, 1.165) is 31.9 Å². The van der Waals surface area contributed by atoms with Crippen LogP contribution in [-0.4, -0.2) is 38.2 Å². The van der Waals surface area contributed by atoms with Crippen molar-refractivity contribution in [1.82, 2.24) is 10.2 Å². The van der Waals surface area contributed by atoms with Crippen molar-refractivity contribution < 1.29 is 4.74 Å². The van der Waals surface area contributed by atoms with Crippen molar-refractivity contribution in [2.45, 2.75) is 26.8 Å². The molecule has 1 fully saturated rings. The lowest BCUT2D eigenvalue weighted by atomic mass is 9.81. The summed E-state index contributed by atoms with van der Waals surface area (Å²) >= 11 is 0. The monoisotopic (exact) mass is 334 g/mol. The topological polar surface area (TPSA) is 24.5 Å². The molecule has 2 rings (SSSR count). The first-order valence-corrected chi connectivity index (χ1v) is 7.11. The minimum Gasteiger partial charge on any atom is -0.497 e. The number of ether oxygens (including phenoxy) is 1. The highest BCUT2D eigenvalue weighted by Gasteiger charge is 2.32. The van der Waals surface area contributed by atoms with Gasteiger partial charge in [-0.3, -0.25) is 4.90 Å². The van der Waals surface area contributed by atoms with E-state index in [-0.39, 0.29) is 30.2 Å². The van der Waals surface area contributed by atoms with Crippen LogP contribution in [0.2, 0.25) is 0 Å². The number of hydrogen-bond acceptors (Lipinski definition) is 3. The number of hydrogen-bond donors (Lipinski definition) is 1. The van der Waals surface area contributed by atoms with Gasteiger partial charge < -0.3 is 10.1 Å². The van der Waals surface area contributed by atoms with Gasteiger partial charge in [-0.1, -0.05) is 32.9 Å². The molecule has 1 saturated heterocycles. The van der Waals surface area contributed by atoms with Crippen LogP contribution in [0.3, 0.4) is 0 Å². The van der Waals surface area contributed by atoms with Gasteiger partial charge in [-0.05, 0) is 23.1 Å². The SMILES string of the molecule is COc1cccc([C@@H](N2CCNCC2)C(C)(C)C)c1.Cl.Cl. The van der Waals surface area contributed by atoms with Gasteiger partial charge in [0.2, 0.25) is 0 Å². The third kappa shape index (κ3) is 5.33. The van der Waals surface area contributed by atoms with Crippen LogP contribution in [0.25, 0.3) is 0 Å². The molecular weight excluding hydrogens is 307 g/mol. The Hall–Kier alpha value is -0.480. The summed E-state index contributed by atoms with van der Waals surface area (Å²) in [6.45, 7) is 11.3. The highest BCUT2D eigenvalue weighted by atomic mass is 35.5. The van der Waals surface area contributed by atoms with Crippen molar-refractivity contribution in [3.63, 3.8) is 0 Å². The van der Waals surface area contributed by atoms with Crippen LogP contribution in [0.5, 0.6) is 5.75 Å². The van der Waals surface area contributed by atoms with E-state index < -0.39 is 0 Å². The molecule has 21 heavy (non-hydrogen) atoms. The highest BCUT2D eigenvalue weighted by Crippen LogP contribution is 2.39. The van der Waals surface area contributed by atoms with Crippen LogP contribution in [-0.2, 0) is 0 Å². The minimum absolute atomic E-state index is 0. The van der Waals surface area contributed by atoms with Crippen molar-refractivity contribution in [2.75, 3.05) is 33.3 Å². The van der Waals surface area contributed by atoms with E-state index >= 15 is 0 Å². The summed E-state index contributed by atoms with van der Waals surface area (Å²) in [5, 5.41) is 3.43. The molecule has 0 spiro atoms. The molecule has 5 heteroatoms. The van der Waals surface area contributed by atoms with Gasteiger partial charge >= 0.3 is 0 Å². The molecule has 1 aromatic rings. The van der Waals surface area contributed by atoms with Gasteiger partial charge in [-0.15, -0.1) is 24.8 Å². The Bertz CT molecular complexity index is 415. The fraction of sp³-hybridized carbons (Fsp3) is 0.625. The first-order valence-electron chi connectivity index (χ1n) is 7.11. The zero-order chi connectivity index (χ0) is 13.9. The van der Waals surface area contributed by atoms with Crippen LogP contribution < -0.4 is 10.1 Å². The number of piperazine rings is 1. The number of methoxy groups -OCH3 is 1. The maximum Gasteiger partial charge on any atom is 0.119 e. The van der Waals surface area contributed by atoms with Crippen molar-refractivity contribution >= 4 is 24.8 Å². The first kappa shape index (κ1) is 20.5. The van der Waals surface area contributed by atoms with Crippen molar-refractivity contribution in [3.05, 3.63) is 29.8 Å². The molecule has 1 heterocycles. The molecule has 1 N–H and O–H groups in total. The second kappa shape index (κ2) is 8.84. The normalized spacial score (nSPS) is 17.3. The van der Waals surface area contributed by atoms with Crippen molar-refractivity contribution in [1.29, 1.82) is 0 Å². The molecule has 1 atom stereocenters. The molecule has 0 unspecified atom stereocenters. The van der Waals surface area contributed by atoms with Crippen LogP contribution in [0, 0.1) is 5.41 Å². The molecule has 1 aliphatic heterocycles. The van der Waals surface area contributed by atoms with E-state index in [2.05, 4.69) is 49.2 Å². The molecule has 0 aliphatic carbocycles. The number of rotatable bonds is 3. The predicted molar refractivity (Wildman–Crippen MR) is 94.1 cm³/mol. The third-order valence-corrected chi connectivity index (χ3v) is 3.75. The van der Waals surface area contributed by atoms with E-state index in [1.54, 1.807) is 7.11 Å². The van der Waals surface area contributed by atoms with E-state index in [9.17, 15) is 0 Å². The Labute approximate surface area is 141 Å². The Balaban J connectivity index is 0.00000200. The Morgan fingerprint density at radius 2 is 1.76 bits per heavy atom.